The Hall–Kier alpha value is -0.580. The first kappa shape index (κ1) is 31.6. The van der Waals surface area contributed by atoms with Gasteiger partial charge in [0, 0.05) is 35.8 Å². The zero-order chi connectivity index (χ0) is 23.2. The molecule has 3 unspecified atom stereocenters. The monoisotopic (exact) mass is 483 g/mol. The molecule has 0 bridgehead atoms. The summed E-state index contributed by atoms with van der Waals surface area (Å²) in [7, 11) is 5.61. The molecule has 0 spiro atoms. The normalized spacial score (nSPS) is 16.8. The molecule has 0 saturated carbocycles. The Morgan fingerprint density at radius 2 is 1.97 bits per heavy atom. The van der Waals surface area contributed by atoms with Crippen molar-refractivity contribution in [3.8, 4) is 0 Å². The summed E-state index contributed by atoms with van der Waals surface area (Å²) in [6.45, 7) is 6.51. The molecule has 2 amide bonds. The van der Waals surface area contributed by atoms with Crippen LogP contribution >= 0.6 is 34.2 Å². The maximum atomic E-state index is 11.5. The Balaban J connectivity index is 0. The predicted molar refractivity (Wildman–Crippen MR) is 134 cm³/mol. The van der Waals surface area contributed by atoms with Gasteiger partial charge in [-0.15, -0.1) is 0 Å². The molecule has 0 aromatic rings. The van der Waals surface area contributed by atoms with Crippen molar-refractivity contribution in [2.75, 3.05) is 25.1 Å². The quantitative estimate of drug-likeness (QED) is 0.112. The van der Waals surface area contributed by atoms with Crippen LogP contribution in [0.3, 0.4) is 0 Å². The second-order valence-corrected chi connectivity index (χ2v) is 9.77. The summed E-state index contributed by atoms with van der Waals surface area (Å²) < 4.78 is 0. The Morgan fingerprint density at radius 3 is 2.47 bits per heavy atom. The highest BCUT2D eigenvalue weighted by Gasteiger charge is 2.16. The molecule has 1 fully saturated rings. The van der Waals surface area contributed by atoms with Crippen molar-refractivity contribution in [1.29, 1.82) is 0 Å². The van der Waals surface area contributed by atoms with Crippen molar-refractivity contribution in [3.63, 3.8) is 0 Å². The summed E-state index contributed by atoms with van der Waals surface area (Å²) in [5.41, 5.74) is 0. The number of hydrogen-bond acceptors (Lipinski definition) is 7. The predicted octanol–water partition coefficient (Wildman–Crippen LogP) is 3.35. The molecule has 1 rings (SSSR count). The van der Waals surface area contributed by atoms with Gasteiger partial charge in [-0.25, -0.2) is 0 Å². The zero-order valence-electron chi connectivity index (χ0n) is 18.8. The molecule has 1 aliphatic rings. The maximum Gasteiger partial charge on any atom is 0.320 e. The van der Waals surface area contributed by atoms with E-state index < -0.39 is 12.0 Å². The standard InChI is InChI=1S/C11H21NOS3.C7H14N2O3.C2H6/c1-9(8-14)12-11(13)5-3-2-4-10-6-7-15-16-10;1-8-6(7(11)12)3-2-4-9-5-10;1-2/h9-10,14H,2-8H2,1H3,(H,12,13);5-6,8H,2-4H2,1H3,(H,9,10)(H,11,12);1-2H3. The van der Waals surface area contributed by atoms with E-state index in [2.05, 4.69) is 28.6 Å². The molecule has 3 atom stereocenters. The third kappa shape index (κ3) is 19.4. The first-order chi connectivity index (χ1) is 14.4. The van der Waals surface area contributed by atoms with Crippen molar-refractivity contribution in [1.82, 2.24) is 16.0 Å². The minimum Gasteiger partial charge on any atom is -0.480 e. The number of thiol groups is 1. The fourth-order valence-corrected chi connectivity index (χ4v) is 5.59. The molecule has 0 aromatic carbocycles. The molecular weight excluding hydrogens is 442 g/mol. The third-order valence-electron chi connectivity index (χ3n) is 4.13. The van der Waals surface area contributed by atoms with Crippen LogP contribution in [-0.4, -0.2) is 65.8 Å². The van der Waals surface area contributed by atoms with Crippen molar-refractivity contribution in [2.45, 2.75) is 83.1 Å². The molecule has 1 aliphatic heterocycles. The van der Waals surface area contributed by atoms with E-state index in [1.165, 1.54) is 25.0 Å². The molecule has 1 heterocycles. The van der Waals surface area contributed by atoms with Gasteiger partial charge < -0.3 is 21.1 Å². The number of hydrogen-bond donors (Lipinski definition) is 5. The lowest BCUT2D eigenvalue weighted by atomic mass is 10.1. The van der Waals surface area contributed by atoms with E-state index in [1.54, 1.807) is 7.05 Å². The first-order valence-electron chi connectivity index (χ1n) is 10.7. The van der Waals surface area contributed by atoms with E-state index in [0.29, 0.717) is 38.0 Å². The lowest BCUT2D eigenvalue weighted by Crippen LogP contribution is -2.34. The van der Waals surface area contributed by atoms with Crippen LogP contribution in [0, 0.1) is 0 Å². The van der Waals surface area contributed by atoms with E-state index in [9.17, 15) is 14.4 Å². The molecule has 7 nitrogen and oxygen atoms in total. The highest BCUT2D eigenvalue weighted by molar-refractivity contribution is 8.77. The number of nitrogens with one attached hydrogen (secondary N) is 3. The van der Waals surface area contributed by atoms with Gasteiger partial charge in [0.1, 0.15) is 6.04 Å². The molecule has 0 radical (unpaired) electrons. The van der Waals surface area contributed by atoms with Crippen LogP contribution in [0.25, 0.3) is 0 Å². The number of carbonyl (C=O) groups is 3. The SMILES string of the molecule is CC.CC(CS)NC(=O)CCCCC1CCSS1.CNC(CCCNC=O)C(=O)O. The molecule has 4 N–H and O–H groups in total. The topological polar surface area (TPSA) is 108 Å². The minimum absolute atomic E-state index is 0.176. The Bertz CT molecular complexity index is 440. The summed E-state index contributed by atoms with van der Waals surface area (Å²) in [5.74, 6) is 1.33. The van der Waals surface area contributed by atoms with Crippen LogP contribution in [0.5, 0.6) is 0 Å². The fraction of sp³-hybridized carbons (Fsp3) is 0.850. The smallest absolute Gasteiger partial charge is 0.320 e. The summed E-state index contributed by atoms with van der Waals surface area (Å²) in [6, 6.07) is -0.323. The summed E-state index contributed by atoms with van der Waals surface area (Å²) >= 11 is 4.14. The zero-order valence-corrected chi connectivity index (χ0v) is 21.3. The summed E-state index contributed by atoms with van der Waals surface area (Å²) in [4.78, 5) is 31.7. The van der Waals surface area contributed by atoms with Crippen LogP contribution in [0.15, 0.2) is 0 Å². The highest BCUT2D eigenvalue weighted by Crippen LogP contribution is 2.39. The molecule has 10 heteroatoms. The van der Waals surface area contributed by atoms with E-state index >= 15 is 0 Å². The van der Waals surface area contributed by atoms with Gasteiger partial charge in [0.15, 0.2) is 0 Å². The molecule has 178 valence electrons. The van der Waals surface area contributed by atoms with Crippen LogP contribution in [0.2, 0.25) is 0 Å². The molecule has 1 saturated heterocycles. The van der Waals surface area contributed by atoms with Crippen LogP contribution in [-0.2, 0) is 14.4 Å². The van der Waals surface area contributed by atoms with Crippen molar-refractivity contribution in [2.24, 2.45) is 0 Å². The third-order valence-corrected chi connectivity index (χ3v) is 7.69. The number of carboxylic acid groups (broad SMARTS) is 1. The second-order valence-electron chi connectivity index (χ2n) is 6.62. The van der Waals surface area contributed by atoms with Gasteiger partial charge in [0.2, 0.25) is 12.3 Å². The Labute approximate surface area is 195 Å². The molecule has 0 aromatic heterocycles. The highest BCUT2D eigenvalue weighted by atomic mass is 33.1. The largest absolute Gasteiger partial charge is 0.480 e. The van der Waals surface area contributed by atoms with E-state index in [4.69, 9.17) is 5.11 Å². The van der Waals surface area contributed by atoms with Crippen molar-refractivity contribution >= 4 is 52.5 Å². The number of carbonyl (C=O) groups excluding carboxylic acids is 2. The summed E-state index contributed by atoms with van der Waals surface area (Å²) in [5, 5.41) is 17.5. The average Bonchev–Trinajstić information content (AvgIpc) is 3.26. The van der Waals surface area contributed by atoms with E-state index in [-0.39, 0.29) is 11.9 Å². The summed E-state index contributed by atoms with van der Waals surface area (Å²) in [6.07, 6.45) is 7.28. The van der Waals surface area contributed by atoms with E-state index in [0.717, 1.165) is 11.7 Å². The van der Waals surface area contributed by atoms with Crippen LogP contribution < -0.4 is 16.0 Å². The number of aliphatic carboxylic acids is 1. The van der Waals surface area contributed by atoms with Crippen LogP contribution in [0.1, 0.15) is 65.7 Å². The average molecular weight is 484 g/mol. The van der Waals surface area contributed by atoms with Gasteiger partial charge in [0.25, 0.3) is 0 Å². The lowest BCUT2D eigenvalue weighted by molar-refractivity contribution is -0.139. The van der Waals surface area contributed by atoms with Gasteiger partial charge in [-0.1, -0.05) is 41.9 Å². The molecule has 30 heavy (non-hydrogen) atoms. The minimum atomic E-state index is -0.858. The first-order valence-corrected chi connectivity index (χ1v) is 13.7. The van der Waals surface area contributed by atoms with Gasteiger partial charge in [-0.05, 0) is 46.1 Å². The van der Waals surface area contributed by atoms with Gasteiger partial charge in [0.05, 0.1) is 0 Å². The number of carboxylic acids is 1. The number of amides is 2. The number of unbranched alkanes of at least 4 members (excludes halogenated alkanes) is 1. The van der Waals surface area contributed by atoms with Gasteiger partial charge in [-0.2, -0.15) is 12.6 Å². The van der Waals surface area contributed by atoms with Crippen molar-refractivity contribution in [3.05, 3.63) is 0 Å². The molecule has 0 aliphatic carbocycles. The Kier molecular flexibility index (Phi) is 24.3. The Morgan fingerprint density at radius 1 is 1.27 bits per heavy atom. The van der Waals surface area contributed by atoms with E-state index in [1.807, 2.05) is 42.4 Å². The molecular formula is C20H41N3O4S3. The lowest BCUT2D eigenvalue weighted by Gasteiger charge is -2.11. The van der Waals surface area contributed by atoms with Gasteiger partial charge >= 0.3 is 5.97 Å². The van der Waals surface area contributed by atoms with Gasteiger partial charge in [-0.3, -0.25) is 14.4 Å². The fourth-order valence-electron chi connectivity index (χ4n) is 2.47. The van der Waals surface area contributed by atoms with Crippen LogP contribution in [0.4, 0.5) is 0 Å². The number of rotatable bonds is 14. The maximum absolute atomic E-state index is 11.5. The number of likely N-dealkylation sites (N-methyl/N-ethyl adjacent to an activating group) is 1. The second kappa shape index (κ2) is 23.1. The van der Waals surface area contributed by atoms with Crippen molar-refractivity contribution < 1.29 is 19.5 Å².